The van der Waals surface area contributed by atoms with Crippen molar-refractivity contribution >= 4 is 0 Å². The van der Waals surface area contributed by atoms with E-state index in [2.05, 4.69) is 31.3 Å². The summed E-state index contributed by atoms with van der Waals surface area (Å²) in [5.74, 6) is 0.869. The number of ether oxygens (including phenoxy) is 1. The lowest BCUT2D eigenvalue weighted by Gasteiger charge is -2.16. The van der Waals surface area contributed by atoms with E-state index in [0.717, 1.165) is 18.7 Å². The Bertz CT molecular complexity index is 298. The number of hydrogen-bond donors (Lipinski definition) is 2. The predicted molar refractivity (Wildman–Crippen MR) is 70.3 cm³/mol. The molecule has 17 heavy (non-hydrogen) atoms. The summed E-state index contributed by atoms with van der Waals surface area (Å²) in [6.07, 6.45) is 1.76. The molecule has 1 unspecified atom stereocenters. The second kappa shape index (κ2) is 8.09. The van der Waals surface area contributed by atoms with Crippen LogP contribution in [0.4, 0.5) is 0 Å². The van der Waals surface area contributed by atoms with Crippen molar-refractivity contribution in [2.75, 3.05) is 19.8 Å². The van der Waals surface area contributed by atoms with E-state index in [9.17, 15) is 0 Å². The van der Waals surface area contributed by atoms with Crippen LogP contribution in [-0.2, 0) is 0 Å². The first-order valence-electron chi connectivity index (χ1n) is 6.38. The number of hydrogen-bond acceptors (Lipinski definition) is 3. The first-order chi connectivity index (χ1) is 8.31. The fourth-order valence-electron chi connectivity index (χ4n) is 1.80. The third-order valence-electron chi connectivity index (χ3n) is 2.71. The van der Waals surface area contributed by atoms with Gasteiger partial charge in [0.1, 0.15) is 5.75 Å². The Hall–Kier alpha value is -1.06. The summed E-state index contributed by atoms with van der Waals surface area (Å²) in [5.41, 5.74) is 1.30. The van der Waals surface area contributed by atoms with Gasteiger partial charge < -0.3 is 15.2 Å². The monoisotopic (exact) mass is 237 g/mol. The summed E-state index contributed by atoms with van der Waals surface area (Å²) in [5, 5.41) is 12.1. The minimum absolute atomic E-state index is 0.177. The van der Waals surface area contributed by atoms with Gasteiger partial charge in [0.25, 0.3) is 0 Å². The van der Waals surface area contributed by atoms with Crippen molar-refractivity contribution in [3.63, 3.8) is 0 Å². The van der Waals surface area contributed by atoms with Crippen molar-refractivity contribution in [2.24, 2.45) is 0 Å². The number of aliphatic hydroxyl groups is 1. The van der Waals surface area contributed by atoms with Crippen molar-refractivity contribution in [3.05, 3.63) is 29.8 Å². The molecule has 0 radical (unpaired) electrons. The summed E-state index contributed by atoms with van der Waals surface area (Å²) in [6.45, 7) is 6.03. The van der Waals surface area contributed by atoms with E-state index < -0.39 is 0 Å². The second-order valence-corrected chi connectivity index (χ2v) is 4.01. The van der Waals surface area contributed by atoms with Gasteiger partial charge in [-0.25, -0.2) is 0 Å². The van der Waals surface area contributed by atoms with Crippen molar-refractivity contribution in [1.29, 1.82) is 0 Å². The number of aliphatic hydroxyl groups excluding tert-OH is 1. The van der Waals surface area contributed by atoms with Crippen molar-refractivity contribution in [2.45, 2.75) is 32.7 Å². The first-order valence-corrected chi connectivity index (χ1v) is 6.38. The Balaban J connectivity index is 2.53. The van der Waals surface area contributed by atoms with Crippen LogP contribution in [0.2, 0.25) is 0 Å². The maximum Gasteiger partial charge on any atom is 0.119 e. The summed E-state index contributed by atoms with van der Waals surface area (Å²) in [6, 6.07) is 8.61. The molecule has 0 saturated heterocycles. The van der Waals surface area contributed by atoms with E-state index in [0.29, 0.717) is 19.1 Å². The summed E-state index contributed by atoms with van der Waals surface area (Å²) in [4.78, 5) is 0. The van der Waals surface area contributed by atoms with Gasteiger partial charge in [-0.3, -0.25) is 0 Å². The Labute approximate surface area is 104 Å². The lowest BCUT2D eigenvalue weighted by molar-refractivity contribution is 0.233. The molecule has 0 aliphatic carbocycles. The van der Waals surface area contributed by atoms with E-state index in [-0.39, 0.29) is 6.61 Å². The van der Waals surface area contributed by atoms with Crippen molar-refractivity contribution in [3.8, 4) is 5.75 Å². The van der Waals surface area contributed by atoms with Crippen LogP contribution in [0.25, 0.3) is 0 Å². The number of benzene rings is 1. The maximum absolute atomic E-state index is 8.66. The first kappa shape index (κ1) is 14.0. The van der Waals surface area contributed by atoms with Crippen LogP contribution in [0.3, 0.4) is 0 Å². The van der Waals surface area contributed by atoms with Crippen molar-refractivity contribution in [1.82, 2.24) is 5.32 Å². The molecular formula is C14H23NO2. The quantitative estimate of drug-likeness (QED) is 0.683. The van der Waals surface area contributed by atoms with Gasteiger partial charge >= 0.3 is 0 Å². The van der Waals surface area contributed by atoms with Gasteiger partial charge in [0.05, 0.1) is 6.61 Å². The average Bonchev–Trinajstić information content (AvgIpc) is 2.37. The van der Waals surface area contributed by atoms with E-state index in [1.165, 1.54) is 5.56 Å². The molecule has 3 heteroatoms. The molecule has 0 amide bonds. The average molecular weight is 237 g/mol. The highest BCUT2D eigenvalue weighted by Crippen LogP contribution is 2.20. The van der Waals surface area contributed by atoms with Crippen LogP contribution in [0, 0.1) is 0 Å². The van der Waals surface area contributed by atoms with Gasteiger partial charge in [-0.1, -0.05) is 26.0 Å². The fourth-order valence-corrected chi connectivity index (χ4v) is 1.80. The zero-order chi connectivity index (χ0) is 12.5. The Morgan fingerprint density at radius 2 is 1.94 bits per heavy atom. The molecule has 2 N–H and O–H groups in total. The minimum atomic E-state index is 0.177. The molecule has 1 aromatic carbocycles. The molecule has 0 bridgehead atoms. The van der Waals surface area contributed by atoms with Crippen LogP contribution in [0.5, 0.6) is 5.75 Å². The zero-order valence-electron chi connectivity index (χ0n) is 10.8. The smallest absolute Gasteiger partial charge is 0.119 e. The second-order valence-electron chi connectivity index (χ2n) is 4.01. The van der Waals surface area contributed by atoms with Crippen molar-refractivity contribution < 1.29 is 9.84 Å². The molecule has 0 saturated carbocycles. The molecule has 0 spiro atoms. The Kier molecular flexibility index (Phi) is 6.67. The highest BCUT2D eigenvalue weighted by Gasteiger charge is 2.07. The van der Waals surface area contributed by atoms with Gasteiger partial charge in [-0.2, -0.15) is 0 Å². The summed E-state index contributed by atoms with van der Waals surface area (Å²) >= 11 is 0. The maximum atomic E-state index is 8.66. The lowest BCUT2D eigenvalue weighted by Crippen LogP contribution is -2.19. The molecule has 0 aliphatic rings. The van der Waals surface area contributed by atoms with Crippen LogP contribution < -0.4 is 10.1 Å². The van der Waals surface area contributed by atoms with Crippen LogP contribution in [0.1, 0.15) is 38.3 Å². The SMILES string of the molecule is CCNC(CC)c1ccc(OCCCO)cc1. The van der Waals surface area contributed by atoms with E-state index in [1.54, 1.807) is 0 Å². The van der Waals surface area contributed by atoms with Gasteiger partial charge in [-0.15, -0.1) is 0 Å². The molecule has 0 heterocycles. The Morgan fingerprint density at radius 3 is 2.47 bits per heavy atom. The zero-order valence-corrected chi connectivity index (χ0v) is 10.8. The topological polar surface area (TPSA) is 41.5 Å². The summed E-state index contributed by atoms with van der Waals surface area (Å²) < 4.78 is 5.49. The molecular weight excluding hydrogens is 214 g/mol. The molecule has 1 rings (SSSR count). The van der Waals surface area contributed by atoms with Gasteiger partial charge in [0.15, 0.2) is 0 Å². The third kappa shape index (κ3) is 4.75. The Morgan fingerprint density at radius 1 is 1.24 bits per heavy atom. The van der Waals surface area contributed by atoms with Crippen LogP contribution in [0.15, 0.2) is 24.3 Å². The fraction of sp³-hybridized carbons (Fsp3) is 0.571. The van der Waals surface area contributed by atoms with E-state index in [1.807, 2.05) is 12.1 Å². The number of rotatable bonds is 8. The third-order valence-corrected chi connectivity index (χ3v) is 2.71. The molecule has 0 fully saturated rings. The van der Waals surface area contributed by atoms with Gasteiger partial charge in [-0.05, 0) is 30.7 Å². The predicted octanol–water partition coefficient (Wildman–Crippen LogP) is 2.51. The van der Waals surface area contributed by atoms with Crippen LogP contribution >= 0.6 is 0 Å². The lowest BCUT2D eigenvalue weighted by atomic mass is 10.0. The summed E-state index contributed by atoms with van der Waals surface area (Å²) in [7, 11) is 0. The highest BCUT2D eigenvalue weighted by molar-refractivity contribution is 5.29. The minimum Gasteiger partial charge on any atom is -0.494 e. The standard InChI is InChI=1S/C14H23NO2/c1-3-14(15-4-2)12-6-8-13(9-7-12)17-11-5-10-16/h6-9,14-16H,3-5,10-11H2,1-2H3. The number of nitrogens with one attached hydrogen (secondary N) is 1. The molecule has 96 valence electrons. The largest absolute Gasteiger partial charge is 0.494 e. The molecule has 3 nitrogen and oxygen atoms in total. The van der Waals surface area contributed by atoms with Crippen LogP contribution in [-0.4, -0.2) is 24.9 Å². The molecule has 1 atom stereocenters. The molecule has 0 aromatic heterocycles. The molecule has 0 aliphatic heterocycles. The van der Waals surface area contributed by atoms with E-state index >= 15 is 0 Å². The molecule has 1 aromatic rings. The van der Waals surface area contributed by atoms with E-state index in [4.69, 9.17) is 9.84 Å². The highest BCUT2D eigenvalue weighted by atomic mass is 16.5. The normalized spacial score (nSPS) is 12.4. The van der Waals surface area contributed by atoms with Gasteiger partial charge in [0, 0.05) is 19.1 Å². The van der Waals surface area contributed by atoms with Gasteiger partial charge in [0.2, 0.25) is 0 Å².